The van der Waals surface area contributed by atoms with E-state index in [1.807, 2.05) is 11.8 Å². The van der Waals surface area contributed by atoms with Crippen molar-refractivity contribution in [1.82, 2.24) is 16.0 Å². The molecule has 0 aromatic heterocycles. The number of carbonyl (C=O) groups is 2. The number of halogens is 2. The van der Waals surface area contributed by atoms with Crippen molar-refractivity contribution < 1.29 is 23.1 Å². The average molecular weight is 399 g/mol. The van der Waals surface area contributed by atoms with Crippen LogP contribution in [0.5, 0.6) is 5.75 Å². The highest BCUT2D eigenvalue weighted by atomic mass is 32.2. The van der Waals surface area contributed by atoms with Crippen molar-refractivity contribution in [1.29, 1.82) is 0 Å². The van der Waals surface area contributed by atoms with Gasteiger partial charge < -0.3 is 20.7 Å². The highest BCUT2D eigenvalue weighted by molar-refractivity contribution is 8.00. The Bertz CT molecular complexity index is 677. The molecule has 0 aliphatic carbocycles. The number of unbranched alkanes of at least 4 members (excludes halogenated alkanes) is 1. The first kappa shape index (κ1) is 19.7. The number of thioether (sulfide) groups is 1. The van der Waals surface area contributed by atoms with Crippen LogP contribution >= 0.6 is 11.8 Å². The summed E-state index contributed by atoms with van der Waals surface area (Å²) in [6.45, 7) is -2.59. The van der Waals surface area contributed by atoms with Gasteiger partial charge in [-0.1, -0.05) is 18.6 Å². The van der Waals surface area contributed by atoms with Gasteiger partial charge in [-0.2, -0.15) is 20.5 Å². The summed E-state index contributed by atoms with van der Waals surface area (Å²) >= 11 is 1.87. The quantitative estimate of drug-likeness (QED) is 0.441. The van der Waals surface area contributed by atoms with Gasteiger partial charge in [0.25, 0.3) is 0 Å². The summed E-state index contributed by atoms with van der Waals surface area (Å²) in [7, 11) is 0. The van der Waals surface area contributed by atoms with Crippen molar-refractivity contribution in [3.05, 3.63) is 29.8 Å². The third-order valence-corrected chi connectivity index (χ3v) is 6.20. The molecule has 0 radical (unpaired) electrons. The zero-order valence-corrected chi connectivity index (χ0v) is 15.6. The Kier molecular flexibility index (Phi) is 6.76. The van der Waals surface area contributed by atoms with Crippen LogP contribution in [0.4, 0.5) is 13.6 Å². The molecule has 3 amide bonds. The van der Waals surface area contributed by atoms with E-state index in [-0.39, 0.29) is 36.3 Å². The van der Waals surface area contributed by atoms with Crippen molar-refractivity contribution >= 4 is 23.7 Å². The van der Waals surface area contributed by atoms with Crippen molar-refractivity contribution in [2.24, 2.45) is 0 Å². The fraction of sp³-hybridized carbons (Fsp3) is 0.556. The molecule has 6 nitrogen and oxygen atoms in total. The Morgan fingerprint density at radius 3 is 3.00 bits per heavy atom. The zero-order valence-electron chi connectivity index (χ0n) is 14.8. The molecule has 0 unspecified atom stereocenters. The van der Waals surface area contributed by atoms with E-state index in [2.05, 4.69) is 20.7 Å². The van der Waals surface area contributed by atoms with Crippen LogP contribution < -0.4 is 20.7 Å². The second-order valence-corrected chi connectivity index (χ2v) is 7.94. The van der Waals surface area contributed by atoms with E-state index in [0.29, 0.717) is 17.2 Å². The van der Waals surface area contributed by atoms with Gasteiger partial charge in [-0.05, 0) is 30.5 Å². The Morgan fingerprint density at radius 1 is 1.33 bits per heavy atom. The van der Waals surface area contributed by atoms with Gasteiger partial charge in [-0.3, -0.25) is 4.79 Å². The first-order chi connectivity index (χ1) is 13.0. The van der Waals surface area contributed by atoms with Gasteiger partial charge in [-0.15, -0.1) is 0 Å². The second kappa shape index (κ2) is 9.25. The molecule has 0 spiro atoms. The molecular weight excluding hydrogens is 376 g/mol. The fourth-order valence-corrected chi connectivity index (χ4v) is 4.94. The van der Waals surface area contributed by atoms with E-state index >= 15 is 0 Å². The van der Waals surface area contributed by atoms with Crippen LogP contribution in [0.3, 0.4) is 0 Å². The summed E-state index contributed by atoms with van der Waals surface area (Å²) in [4.78, 5) is 23.3. The van der Waals surface area contributed by atoms with Crippen LogP contribution in [-0.2, 0) is 11.3 Å². The molecule has 1 aromatic carbocycles. The topological polar surface area (TPSA) is 79.5 Å². The number of fused-ring (bicyclic) bond motifs is 1. The molecule has 2 aliphatic heterocycles. The molecular formula is C18H23F2N3O3S. The highest BCUT2D eigenvalue weighted by Crippen LogP contribution is 2.33. The minimum atomic E-state index is -2.86. The number of hydrogen-bond donors (Lipinski definition) is 3. The molecule has 9 heteroatoms. The van der Waals surface area contributed by atoms with E-state index in [4.69, 9.17) is 0 Å². The van der Waals surface area contributed by atoms with Gasteiger partial charge in [0.2, 0.25) is 5.91 Å². The van der Waals surface area contributed by atoms with Crippen molar-refractivity contribution in [2.45, 2.75) is 56.2 Å². The van der Waals surface area contributed by atoms with E-state index in [9.17, 15) is 18.4 Å². The highest BCUT2D eigenvalue weighted by Gasteiger charge is 2.42. The number of ether oxygens (including phenoxy) is 1. The SMILES string of the molecule is O=C(CCCC[C@@H]1SC[C@@H]2NC(=O)N[C@@H]21)NCc1cccc(OC(F)F)c1. The van der Waals surface area contributed by atoms with Crippen LogP contribution in [0.25, 0.3) is 0 Å². The van der Waals surface area contributed by atoms with Crippen LogP contribution in [0.1, 0.15) is 31.2 Å². The molecule has 0 saturated carbocycles. The molecule has 3 N–H and O–H groups in total. The molecule has 148 valence electrons. The predicted octanol–water partition coefficient (Wildman–Crippen LogP) is 2.63. The lowest BCUT2D eigenvalue weighted by molar-refractivity contribution is -0.121. The average Bonchev–Trinajstić information content (AvgIpc) is 3.16. The summed E-state index contributed by atoms with van der Waals surface area (Å²) in [6, 6.07) is 6.63. The van der Waals surface area contributed by atoms with Crippen LogP contribution in [-0.4, -0.2) is 41.6 Å². The number of urea groups is 1. The maximum atomic E-state index is 12.2. The van der Waals surface area contributed by atoms with Crippen molar-refractivity contribution in [3.63, 3.8) is 0 Å². The Labute approximate surface area is 160 Å². The van der Waals surface area contributed by atoms with Gasteiger partial charge in [0.05, 0.1) is 12.1 Å². The zero-order chi connectivity index (χ0) is 19.2. The van der Waals surface area contributed by atoms with Crippen LogP contribution in [0, 0.1) is 0 Å². The first-order valence-corrected chi connectivity index (χ1v) is 10.1. The van der Waals surface area contributed by atoms with E-state index in [1.54, 1.807) is 12.1 Å². The molecule has 0 bridgehead atoms. The summed E-state index contributed by atoms with van der Waals surface area (Å²) < 4.78 is 28.8. The van der Waals surface area contributed by atoms with Gasteiger partial charge >= 0.3 is 12.6 Å². The Hall–Kier alpha value is -2.03. The number of hydrogen-bond acceptors (Lipinski definition) is 4. The lowest BCUT2D eigenvalue weighted by atomic mass is 10.0. The molecule has 3 atom stereocenters. The first-order valence-electron chi connectivity index (χ1n) is 9.00. The molecule has 2 heterocycles. The molecule has 3 rings (SSSR count). The second-order valence-electron chi connectivity index (χ2n) is 6.67. The number of alkyl halides is 2. The third kappa shape index (κ3) is 5.72. The molecule has 1 aromatic rings. The summed E-state index contributed by atoms with van der Waals surface area (Å²) in [5.41, 5.74) is 0.708. The predicted molar refractivity (Wildman–Crippen MR) is 98.9 cm³/mol. The largest absolute Gasteiger partial charge is 0.435 e. The minimum Gasteiger partial charge on any atom is -0.435 e. The van der Waals surface area contributed by atoms with Crippen LogP contribution in [0.2, 0.25) is 0 Å². The number of carbonyl (C=O) groups excluding carboxylic acids is 2. The lowest BCUT2D eigenvalue weighted by Gasteiger charge is -2.16. The van der Waals surface area contributed by atoms with Crippen molar-refractivity contribution in [2.75, 3.05) is 5.75 Å². The van der Waals surface area contributed by atoms with Gasteiger partial charge in [0.15, 0.2) is 0 Å². The van der Waals surface area contributed by atoms with Gasteiger partial charge in [-0.25, -0.2) is 4.79 Å². The number of rotatable bonds is 9. The molecule has 2 aliphatic rings. The smallest absolute Gasteiger partial charge is 0.387 e. The van der Waals surface area contributed by atoms with Gasteiger partial charge in [0.1, 0.15) is 5.75 Å². The third-order valence-electron chi connectivity index (χ3n) is 4.69. The summed E-state index contributed by atoms with van der Waals surface area (Å²) in [5.74, 6) is 0.948. The number of amides is 3. The molecule has 2 fully saturated rings. The summed E-state index contributed by atoms with van der Waals surface area (Å²) in [5, 5.41) is 9.07. The van der Waals surface area contributed by atoms with Crippen LogP contribution in [0.15, 0.2) is 24.3 Å². The Morgan fingerprint density at radius 2 is 2.19 bits per heavy atom. The number of nitrogens with one attached hydrogen (secondary N) is 3. The minimum absolute atomic E-state index is 0.0667. The van der Waals surface area contributed by atoms with E-state index in [0.717, 1.165) is 25.0 Å². The lowest BCUT2D eigenvalue weighted by Crippen LogP contribution is -2.36. The normalized spacial score (nSPS) is 23.7. The molecule has 2 saturated heterocycles. The molecule has 27 heavy (non-hydrogen) atoms. The van der Waals surface area contributed by atoms with Gasteiger partial charge in [0, 0.05) is 24.0 Å². The number of benzene rings is 1. The van der Waals surface area contributed by atoms with E-state index < -0.39 is 6.61 Å². The van der Waals surface area contributed by atoms with Crippen molar-refractivity contribution in [3.8, 4) is 5.75 Å². The maximum absolute atomic E-state index is 12.2. The summed E-state index contributed by atoms with van der Waals surface area (Å²) in [6.07, 6.45) is 3.08. The Balaban J connectivity index is 1.32. The monoisotopic (exact) mass is 399 g/mol. The standard InChI is InChI=1S/C18H23F2N3O3S/c19-17(20)26-12-5-3-4-11(8-12)9-21-15(24)7-2-1-6-14-16-13(10-27-14)22-18(25)23-16/h3-5,8,13-14,16-17H,1-2,6-7,9-10H2,(H,21,24)(H2,22,23,25)/t13-,14-,16-/m0/s1. The van der Waals surface area contributed by atoms with E-state index in [1.165, 1.54) is 12.1 Å². The maximum Gasteiger partial charge on any atom is 0.387 e. The fourth-order valence-electron chi connectivity index (χ4n) is 3.39.